The van der Waals surface area contributed by atoms with Crippen LogP contribution < -0.4 is 21.4 Å². The van der Waals surface area contributed by atoms with Crippen LogP contribution in [0.4, 0.5) is 0 Å². The molecule has 46 heavy (non-hydrogen) atoms. The summed E-state index contributed by atoms with van der Waals surface area (Å²) in [7, 11) is 0. The maximum atomic E-state index is 13.2. The minimum absolute atomic E-state index is 0.0174. The summed E-state index contributed by atoms with van der Waals surface area (Å²) in [6, 6.07) is 8.51. The van der Waals surface area contributed by atoms with Crippen LogP contribution in [0.15, 0.2) is 45.6 Å². The first-order chi connectivity index (χ1) is 22.0. The predicted octanol–water partition coefficient (Wildman–Crippen LogP) is -0.471. The Bertz CT molecular complexity index is 1560. The van der Waals surface area contributed by atoms with Gasteiger partial charge in [0.2, 0.25) is 17.2 Å². The summed E-state index contributed by atoms with van der Waals surface area (Å²) in [6.07, 6.45) is 0. The molecular formula is C31H41N7O8. The van der Waals surface area contributed by atoms with Gasteiger partial charge < -0.3 is 30.6 Å². The highest BCUT2D eigenvalue weighted by Gasteiger charge is 2.21. The normalized spacial score (nSPS) is 17.4. The lowest BCUT2D eigenvalue weighted by atomic mass is 10.2. The lowest BCUT2D eigenvalue weighted by molar-refractivity contribution is -0.141. The van der Waals surface area contributed by atoms with Crippen molar-refractivity contribution in [3.8, 4) is 0 Å². The molecule has 4 rings (SSSR count). The fourth-order valence-corrected chi connectivity index (χ4v) is 5.12. The van der Waals surface area contributed by atoms with Crippen molar-refractivity contribution in [2.24, 2.45) is 0 Å². The van der Waals surface area contributed by atoms with E-state index >= 15 is 0 Å². The van der Waals surface area contributed by atoms with E-state index in [1.165, 1.54) is 13.8 Å². The van der Waals surface area contributed by atoms with Crippen molar-refractivity contribution < 1.29 is 33.8 Å². The molecule has 248 valence electrons. The number of carboxylic acid groups (broad SMARTS) is 2. The number of benzene rings is 1. The third kappa shape index (κ3) is 9.78. The molecule has 3 aromatic rings. The Kier molecular flexibility index (Phi) is 12.1. The number of carboxylic acids is 2. The van der Waals surface area contributed by atoms with Gasteiger partial charge in [0.1, 0.15) is 17.7 Å². The summed E-state index contributed by atoms with van der Waals surface area (Å²) in [5.41, 5.74) is 1.52. The highest BCUT2D eigenvalue weighted by atomic mass is 16.4. The fourth-order valence-electron chi connectivity index (χ4n) is 5.12. The van der Waals surface area contributed by atoms with Gasteiger partial charge in [-0.1, -0.05) is 12.1 Å². The molecular weight excluding hydrogens is 598 g/mol. The highest BCUT2D eigenvalue weighted by Crippen LogP contribution is 2.18. The second-order valence-corrected chi connectivity index (χ2v) is 11.4. The van der Waals surface area contributed by atoms with E-state index < -0.39 is 35.8 Å². The number of para-hydroxylation sites is 1. The average molecular weight is 640 g/mol. The Hall–Kier alpha value is -4.44. The van der Waals surface area contributed by atoms with E-state index in [0.717, 1.165) is 0 Å². The Labute approximate surface area is 265 Å². The van der Waals surface area contributed by atoms with Crippen LogP contribution in [0.3, 0.4) is 0 Å². The number of carbonyl (C=O) groups is 4. The summed E-state index contributed by atoms with van der Waals surface area (Å²) in [6.45, 7) is 7.32. The molecule has 1 aromatic carbocycles. The Morgan fingerprint density at radius 2 is 1.35 bits per heavy atom. The van der Waals surface area contributed by atoms with E-state index in [1.807, 2.05) is 9.80 Å². The summed E-state index contributed by atoms with van der Waals surface area (Å²) >= 11 is 0. The van der Waals surface area contributed by atoms with Gasteiger partial charge in [0.05, 0.1) is 24.2 Å². The molecule has 1 saturated heterocycles. The molecule has 2 aromatic heterocycles. The zero-order valence-electron chi connectivity index (χ0n) is 26.0. The van der Waals surface area contributed by atoms with Crippen molar-refractivity contribution >= 4 is 45.8 Å². The van der Waals surface area contributed by atoms with Crippen LogP contribution in [0, 0.1) is 0 Å². The molecule has 2 unspecified atom stereocenters. The zero-order chi connectivity index (χ0) is 33.2. The van der Waals surface area contributed by atoms with Gasteiger partial charge >= 0.3 is 11.9 Å². The lowest BCUT2D eigenvalue weighted by Gasteiger charge is -2.31. The van der Waals surface area contributed by atoms with E-state index in [-0.39, 0.29) is 24.0 Å². The zero-order valence-corrected chi connectivity index (χ0v) is 26.0. The maximum Gasteiger partial charge on any atom is 0.325 e. The third-order valence-electron chi connectivity index (χ3n) is 7.77. The number of fused-ring (bicyclic) bond motifs is 2. The molecule has 1 aliphatic rings. The Morgan fingerprint density at radius 3 is 1.91 bits per heavy atom. The van der Waals surface area contributed by atoms with Gasteiger partial charge in [-0.2, -0.15) is 0 Å². The van der Waals surface area contributed by atoms with Gasteiger partial charge in [0.25, 0.3) is 0 Å². The lowest BCUT2D eigenvalue weighted by Crippen LogP contribution is -2.50. The van der Waals surface area contributed by atoms with Crippen molar-refractivity contribution in [2.75, 3.05) is 65.4 Å². The van der Waals surface area contributed by atoms with Crippen LogP contribution in [-0.4, -0.2) is 131 Å². The summed E-state index contributed by atoms with van der Waals surface area (Å²) < 4.78 is 5.91. The van der Waals surface area contributed by atoms with Crippen LogP contribution in [0.2, 0.25) is 0 Å². The molecule has 0 bridgehead atoms. The topological polar surface area (TPSA) is 198 Å². The molecule has 0 aliphatic carbocycles. The number of aliphatic carboxylic acids is 2. The first kappa shape index (κ1) is 34.4. The van der Waals surface area contributed by atoms with Crippen molar-refractivity contribution in [2.45, 2.75) is 32.5 Å². The highest BCUT2D eigenvalue weighted by molar-refractivity contribution is 5.87. The van der Waals surface area contributed by atoms with Gasteiger partial charge in [-0.15, -0.1) is 0 Å². The SMILES string of the molecule is CC(NC(=O)CN1CCNCCN(CC(=O)NC(C)C(=O)O)CCN(Cc2ccc3oc4ccccc4c(=O)c3n2)CC1)C(=O)O. The molecule has 15 heteroatoms. The number of aromatic nitrogens is 1. The van der Waals surface area contributed by atoms with E-state index in [2.05, 4.69) is 25.8 Å². The molecule has 5 N–H and O–H groups in total. The summed E-state index contributed by atoms with van der Waals surface area (Å²) in [5.74, 6) is -3.01. The predicted molar refractivity (Wildman–Crippen MR) is 169 cm³/mol. The van der Waals surface area contributed by atoms with Crippen LogP contribution in [0.5, 0.6) is 0 Å². The number of rotatable bonds is 10. The maximum absolute atomic E-state index is 13.2. The average Bonchev–Trinajstić information content (AvgIpc) is 3.01. The van der Waals surface area contributed by atoms with E-state index in [1.54, 1.807) is 36.4 Å². The van der Waals surface area contributed by atoms with E-state index in [0.29, 0.717) is 81.1 Å². The van der Waals surface area contributed by atoms with Gasteiger partial charge in [0.15, 0.2) is 11.1 Å². The second kappa shape index (κ2) is 16.2. The molecule has 0 saturated carbocycles. The van der Waals surface area contributed by atoms with Crippen LogP contribution in [0.25, 0.3) is 22.1 Å². The van der Waals surface area contributed by atoms with Crippen LogP contribution >= 0.6 is 0 Å². The van der Waals surface area contributed by atoms with Crippen LogP contribution in [0.1, 0.15) is 19.5 Å². The van der Waals surface area contributed by atoms with Crippen molar-refractivity contribution in [1.82, 2.24) is 35.6 Å². The van der Waals surface area contributed by atoms with E-state index in [4.69, 9.17) is 14.6 Å². The Balaban J connectivity index is 1.52. The van der Waals surface area contributed by atoms with E-state index in [9.17, 15) is 24.0 Å². The first-order valence-corrected chi connectivity index (χ1v) is 15.2. The van der Waals surface area contributed by atoms with Crippen molar-refractivity contribution in [3.05, 3.63) is 52.3 Å². The Morgan fingerprint density at radius 1 is 0.804 bits per heavy atom. The number of amides is 2. The number of carbonyl (C=O) groups excluding carboxylic acids is 2. The smallest absolute Gasteiger partial charge is 0.325 e. The molecule has 0 spiro atoms. The molecule has 15 nitrogen and oxygen atoms in total. The monoisotopic (exact) mass is 639 g/mol. The number of nitrogens with zero attached hydrogens (tertiary/aromatic N) is 4. The number of nitrogens with one attached hydrogen (secondary N) is 3. The van der Waals surface area contributed by atoms with Crippen molar-refractivity contribution in [1.29, 1.82) is 0 Å². The third-order valence-corrected chi connectivity index (χ3v) is 7.77. The molecule has 2 atom stereocenters. The summed E-state index contributed by atoms with van der Waals surface area (Å²) in [5, 5.41) is 27.1. The standard InChI is InChI=1S/C31H41N7O8/c1-20(30(42)43)33-26(39)18-36-11-9-32-10-12-37(19-27(40)34-21(2)31(44)45)14-16-38(15-13-36)17-22-7-8-25-28(35-22)29(41)23-5-3-4-6-24(23)46-25/h3-8,20-21,32H,9-19H2,1-2H3,(H,33,39)(H,34,40)(H,42,43)(H,44,45). The van der Waals surface area contributed by atoms with Gasteiger partial charge in [-0.05, 0) is 38.1 Å². The number of pyridine rings is 1. The molecule has 3 heterocycles. The second-order valence-electron chi connectivity index (χ2n) is 11.4. The van der Waals surface area contributed by atoms with Gasteiger partial charge in [0, 0.05) is 58.9 Å². The number of hydrogen-bond donors (Lipinski definition) is 5. The van der Waals surface area contributed by atoms with Crippen molar-refractivity contribution in [3.63, 3.8) is 0 Å². The molecule has 1 fully saturated rings. The number of hydrogen-bond acceptors (Lipinski definition) is 11. The molecule has 2 amide bonds. The molecule has 1 aliphatic heterocycles. The minimum atomic E-state index is -1.12. The van der Waals surface area contributed by atoms with Gasteiger partial charge in [-0.25, -0.2) is 4.98 Å². The minimum Gasteiger partial charge on any atom is -0.480 e. The largest absolute Gasteiger partial charge is 0.480 e. The first-order valence-electron chi connectivity index (χ1n) is 15.2. The van der Waals surface area contributed by atoms with Crippen LogP contribution in [-0.2, 0) is 25.7 Å². The fraction of sp³-hybridized carbons (Fsp3) is 0.484. The quantitative estimate of drug-likeness (QED) is 0.179. The summed E-state index contributed by atoms with van der Waals surface area (Å²) in [4.78, 5) is 71.5. The molecule has 0 radical (unpaired) electrons. The van der Waals surface area contributed by atoms with Gasteiger partial charge in [-0.3, -0.25) is 38.7 Å².